The van der Waals surface area contributed by atoms with Crippen molar-refractivity contribution in [1.82, 2.24) is 8.80 Å². The zero-order valence-corrected chi connectivity index (χ0v) is 19.7. The lowest BCUT2D eigenvalue weighted by Crippen LogP contribution is -1.95. The van der Waals surface area contributed by atoms with E-state index >= 15 is 0 Å². The van der Waals surface area contributed by atoms with Gasteiger partial charge in [0.15, 0.2) is 0 Å². The second kappa shape index (κ2) is 8.39. The van der Waals surface area contributed by atoms with Gasteiger partial charge in [-0.3, -0.25) is 0 Å². The Morgan fingerprint density at radius 2 is 0.853 bits per heavy atom. The predicted molar refractivity (Wildman–Crippen MR) is 142 cm³/mol. The van der Waals surface area contributed by atoms with E-state index in [-0.39, 0.29) is 0 Å². The van der Waals surface area contributed by atoms with Crippen LogP contribution in [0.3, 0.4) is 0 Å². The van der Waals surface area contributed by atoms with Crippen molar-refractivity contribution in [3.8, 4) is 11.4 Å². The highest BCUT2D eigenvalue weighted by molar-refractivity contribution is 5.81. The summed E-state index contributed by atoms with van der Waals surface area (Å²) in [5.41, 5.74) is 13.3. The molecule has 0 spiro atoms. The minimum atomic E-state index is 0.930. The molecule has 2 nitrogen and oxygen atoms in total. The van der Waals surface area contributed by atoms with E-state index in [2.05, 4.69) is 132 Å². The Morgan fingerprint density at radius 1 is 0.471 bits per heavy atom. The molecule has 0 fully saturated rings. The summed E-state index contributed by atoms with van der Waals surface area (Å²) >= 11 is 0. The fraction of sp³-hybridized carbons (Fsp3) is 0.125. The molecule has 0 aliphatic rings. The molecule has 2 aromatic carbocycles. The van der Waals surface area contributed by atoms with E-state index in [1.807, 2.05) is 0 Å². The topological polar surface area (TPSA) is 8.82 Å². The highest BCUT2D eigenvalue weighted by Gasteiger charge is 2.23. The molecule has 6 aromatic rings. The van der Waals surface area contributed by atoms with Crippen LogP contribution in [-0.2, 0) is 12.8 Å². The van der Waals surface area contributed by atoms with E-state index < -0.39 is 0 Å². The van der Waals surface area contributed by atoms with Gasteiger partial charge in [-0.1, -0.05) is 72.8 Å². The third-order valence-corrected chi connectivity index (χ3v) is 7.11. The van der Waals surface area contributed by atoms with Crippen LogP contribution in [0.2, 0.25) is 0 Å². The number of pyridine rings is 2. The number of aromatic nitrogens is 2. The molecule has 4 aromatic heterocycles. The fourth-order valence-corrected chi connectivity index (χ4v) is 5.43. The van der Waals surface area contributed by atoms with Crippen molar-refractivity contribution in [3.05, 3.63) is 143 Å². The molecule has 2 heteroatoms. The molecule has 6 rings (SSSR count). The Bertz CT molecular complexity index is 1480. The monoisotopic (exact) mass is 440 g/mol. The van der Waals surface area contributed by atoms with E-state index in [9.17, 15) is 0 Å². The third kappa shape index (κ3) is 3.34. The maximum absolute atomic E-state index is 2.39. The lowest BCUT2D eigenvalue weighted by atomic mass is 9.98. The first-order valence-corrected chi connectivity index (χ1v) is 12.0. The first-order valence-electron chi connectivity index (χ1n) is 12.0. The molecule has 0 aliphatic carbocycles. The van der Waals surface area contributed by atoms with Crippen molar-refractivity contribution in [1.29, 1.82) is 0 Å². The van der Waals surface area contributed by atoms with Crippen LogP contribution in [0.4, 0.5) is 0 Å². The Morgan fingerprint density at radius 3 is 1.26 bits per heavy atom. The normalized spacial score (nSPS) is 11.5. The number of hydrogen-bond acceptors (Lipinski definition) is 0. The van der Waals surface area contributed by atoms with Gasteiger partial charge >= 0.3 is 0 Å². The summed E-state index contributed by atoms with van der Waals surface area (Å²) in [5, 5.41) is 0. The SMILES string of the molecule is Cc1c(Cc2ccccc2)c2ccccn2c1-c1c(C)c(Cc2ccccc2)c2ccccn12. The van der Waals surface area contributed by atoms with Crippen LogP contribution in [0.25, 0.3) is 22.4 Å². The van der Waals surface area contributed by atoms with Crippen LogP contribution in [0.1, 0.15) is 33.4 Å². The van der Waals surface area contributed by atoms with Crippen molar-refractivity contribution in [2.75, 3.05) is 0 Å². The second-order valence-electron chi connectivity index (χ2n) is 9.14. The molecule has 0 aliphatic heterocycles. The van der Waals surface area contributed by atoms with Crippen molar-refractivity contribution in [2.45, 2.75) is 26.7 Å². The van der Waals surface area contributed by atoms with Gasteiger partial charge in [0.2, 0.25) is 0 Å². The van der Waals surface area contributed by atoms with Crippen LogP contribution in [0.15, 0.2) is 109 Å². The summed E-state index contributed by atoms with van der Waals surface area (Å²) in [5.74, 6) is 0. The maximum atomic E-state index is 2.39. The average molecular weight is 441 g/mol. The Hall–Kier alpha value is -4.04. The van der Waals surface area contributed by atoms with Gasteiger partial charge in [0.25, 0.3) is 0 Å². The smallest absolute Gasteiger partial charge is 0.0733 e. The molecule has 0 N–H and O–H groups in total. The first-order chi connectivity index (χ1) is 16.7. The van der Waals surface area contributed by atoms with Crippen molar-refractivity contribution in [2.24, 2.45) is 0 Å². The van der Waals surface area contributed by atoms with Crippen LogP contribution in [0, 0.1) is 13.8 Å². The average Bonchev–Trinajstić information content (AvgIpc) is 3.31. The zero-order chi connectivity index (χ0) is 23.1. The van der Waals surface area contributed by atoms with Gasteiger partial charge in [-0.05, 0) is 84.3 Å². The lowest BCUT2D eigenvalue weighted by Gasteiger charge is -2.08. The first kappa shape index (κ1) is 20.6. The van der Waals surface area contributed by atoms with E-state index in [1.165, 1.54) is 55.8 Å². The van der Waals surface area contributed by atoms with Gasteiger partial charge < -0.3 is 8.80 Å². The number of hydrogen-bond donors (Lipinski definition) is 0. The molecule has 0 saturated carbocycles. The molecule has 0 radical (unpaired) electrons. The minimum absolute atomic E-state index is 0.930. The second-order valence-corrected chi connectivity index (χ2v) is 9.14. The van der Waals surface area contributed by atoms with Gasteiger partial charge in [-0.25, -0.2) is 0 Å². The molecule has 0 bridgehead atoms. The summed E-state index contributed by atoms with van der Waals surface area (Å²) in [7, 11) is 0. The van der Waals surface area contributed by atoms with Crippen LogP contribution in [0.5, 0.6) is 0 Å². The quantitative estimate of drug-likeness (QED) is 0.260. The van der Waals surface area contributed by atoms with E-state index in [0.717, 1.165) is 12.8 Å². The van der Waals surface area contributed by atoms with Crippen molar-refractivity contribution in [3.63, 3.8) is 0 Å². The third-order valence-electron chi connectivity index (χ3n) is 7.11. The number of fused-ring (bicyclic) bond motifs is 2. The Kier molecular flexibility index (Phi) is 5.07. The van der Waals surface area contributed by atoms with Crippen LogP contribution in [-0.4, -0.2) is 8.80 Å². The molecule has 0 atom stereocenters. The number of benzene rings is 2. The molecule has 0 amide bonds. The molecular weight excluding hydrogens is 412 g/mol. The standard InChI is InChI=1S/C32H28N2/c1-23-27(21-25-13-5-3-6-14-25)29-17-9-11-19-33(29)31(23)32-24(2)28(22-26-15-7-4-8-16-26)30-18-10-12-20-34(30)32/h3-20H,21-22H2,1-2H3. The summed E-state index contributed by atoms with van der Waals surface area (Å²) in [6, 6.07) is 34.7. The van der Waals surface area contributed by atoms with Gasteiger partial charge in [-0.2, -0.15) is 0 Å². The highest BCUT2D eigenvalue weighted by atomic mass is 15.0. The Labute approximate surface area is 200 Å². The molecule has 4 heterocycles. The lowest BCUT2D eigenvalue weighted by molar-refractivity contribution is 1.12. The zero-order valence-electron chi connectivity index (χ0n) is 19.7. The molecular formula is C32H28N2. The molecule has 34 heavy (non-hydrogen) atoms. The van der Waals surface area contributed by atoms with Gasteiger partial charge in [-0.15, -0.1) is 0 Å². The van der Waals surface area contributed by atoms with Gasteiger partial charge in [0, 0.05) is 23.4 Å². The highest BCUT2D eigenvalue weighted by Crippen LogP contribution is 2.38. The van der Waals surface area contributed by atoms with Crippen molar-refractivity contribution >= 4 is 11.0 Å². The molecule has 166 valence electrons. The van der Waals surface area contributed by atoms with Gasteiger partial charge in [0.1, 0.15) is 0 Å². The van der Waals surface area contributed by atoms with Gasteiger partial charge in [0.05, 0.1) is 11.4 Å². The summed E-state index contributed by atoms with van der Waals surface area (Å²) < 4.78 is 4.78. The Balaban J connectivity index is 1.60. The predicted octanol–water partition coefficient (Wildman–Crippen LogP) is 7.66. The van der Waals surface area contributed by atoms with Crippen LogP contribution >= 0.6 is 0 Å². The summed E-state index contributed by atoms with van der Waals surface area (Å²) in [6.45, 7) is 4.58. The van der Waals surface area contributed by atoms with Crippen molar-refractivity contribution < 1.29 is 0 Å². The van der Waals surface area contributed by atoms with E-state index in [4.69, 9.17) is 0 Å². The molecule has 0 saturated heterocycles. The van der Waals surface area contributed by atoms with E-state index in [1.54, 1.807) is 0 Å². The largest absolute Gasteiger partial charge is 0.315 e. The number of rotatable bonds is 5. The minimum Gasteiger partial charge on any atom is -0.315 e. The van der Waals surface area contributed by atoms with Crippen LogP contribution < -0.4 is 0 Å². The maximum Gasteiger partial charge on any atom is 0.0733 e. The summed E-state index contributed by atoms with van der Waals surface area (Å²) in [6.07, 6.45) is 6.29. The van der Waals surface area contributed by atoms with E-state index in [0.29, 0.717) is 0 Å². The fourth-order valence-electron chi connectivity index (χ4n) is 5.43. The number of nitrogens with zero attached hydrogens (tertiary/aromatic N) is 2. The molecule has 0 unspecified atom stereocenters. The summed E-state index contributed by atoms with van der Waals surface area (Å²) in [4.78, 5) is 0.